The summed E-state index contributed by atoms with van der Waals surface area (Å²) in [6.07, 6.45) is 0. The normalized spacial score (nSPS) is 10.9. The summed E-state index contributed by atoms with van der Waals surface area (Å²) in [6, 6.07) is 16.3. The summed E-state index contributed by atoms with van der Waals surface area (Å²) in [6.45, 7) is 2.05. The smallest absolute Gasteiger partial charge is 0.348 e. The summed E-state index contributed by atoms with van der Waals surface area (Å²) in [5.41, 5.74) is 0.984. The van der Waals surface area contributed by atoms with Gasteiger partial charge in [-0.1, -0.05) is 29.8 Å². The van der Waals surface area contributed by atoms with Crippen LogP contribution in [0.4, 0.5) is 0 Å². The highest BCUT2D eigenvalue weighted by Crippen LogP contribution is 2.29. The highest BCUT2D eigenvalue weighted by Gasteiger charge is 2.20. The van der Waals surface area contributed by atoms with Crippen LogP contribution < -0.4 is 10.3 Å². The predicted octanol–water partition coefficient (Wildman–Crippen LogP) is 4.85. The molecule has 0 atom stereocenters. The summed E-state index contributed by atoms with van der Waals surface area (Å²) in [7, 11) is 0. The molecule has 1 N–H and O–H groups in total. The minimum absolute atomic E-state index is 0.0984. The number of nitrogens with zero attached hydrogens (tertiary/aromatic N) is 1. The monoisotopic (exact) mass is 440 g/mol. The van der Waals surface area contributed by atoms with Crippen LogP contribution in [0.15, 0.2) is 59.4 Å². The lowest BCUT2D eigenvalue weighted by molar-refractivity contribution is 0.0455. The molecule has 2 heterocycles. The van der Waals surface area contributed by atoms with Crippen LogP contribution in [0.5, 0.6) is 5.75 Å². The van der Waals surface area contributed by atoms with E-state index in [1.165, 1.54) is 0 Å². The summed E-state index contributed by atoms with van der Waals surface area (Å²) in [5.74, 6) is 0.623. The second-order valence-corrected chi connectivity index (χ2v) is 7.89. The van der Waals surface area contributed by atoms with Gasteiger partial charge in [-0.05, 0) is 48.9 Å². The van der Waals surface area contributed by atoms with Crippen molar-refractivity contribution in [1.82, 2.24) is 9.97 Å². The number of esters is 1. The number of carbonyl (C=O) groups is 1. The van der Waals surface area contributed by atoms with Crippen molar-refractivity contribution >= 4 is 39.1 Å². The molecule has 0 radical (unpaired) electrons. The lowest BCUT2D eigenvalue weighted by atomic mass is 10.2. The number of aromatic nitrogens is 2. The highest BCUT2D eigenvalue weighted by atomic mass is 35.5. The van der Waals surface area contributed by atoms with Gasteiger partial charge in [0.05, 0.1) is 5.39 Å². The van der Waals surface area contributed by atoms with Crippen LogP contribution in [0.25, 0.3) is 21.6 Å². The molecule has 0 aliphatic carbocycles. The van der Waals surface area contributed by atoms with E-state index >= 15 is 0 Å². The van der Waals surface area contributed by atoms with Gasteiger partial charge in [0.1, 0.15) is 34.5 Å². The van der Waals surface area contributed by atoms with Crippen molar-refractivity contribution < 1.29 is 14.3 Å². The molecule has 2 aromatic carbocycles. The van der Waals surface area contributed by atoms with E-state index in [-0.39, 0.29) is 18.8 Å². The van der Waals surface area contributed by atoms with Crippen LogP contribution in [0.3, 0.4) is 0 Å². The Bertz CT molecular complexity index is 1250. The lowest BCUT2D eigenvalue weighted by Crippen LogP contribution is -2.13. The van der Waals surface area contributed by atoms with Crippen LogP contribution in [-0.2, 0) is 4.74 Å². The Morgan fingerprint density at radius 1 is 1.10 bits per heavy atom. The van der Waals surface area contributed by atoms with Crippen molar-refractivity contribution in [2.24, 2.45) is 0 Å². The number of halogens is 1. The molecule has 6 nitrogen and oxygen atoms in total. The molecule has 4 rings (SSSR count). The van der Waals surface area contributed by atoms with Gasteiger partial charge in [0.2, 0.25) is 0 Å². The molecule has 0 amide bonds. The van der Waals surface area contributed by atoms with Gasteiger partial charge in [0.25, 0.3) is 5.56 Å². The van der Waals surface area contributed by atoms with Crippen LogP contribution in [0, 0.1) is 6.92 Å². The molecular weight excluding hydrogens is 424 g/mol. The minimum atomic E-state index is -0.500. The molecule has 0 bridgehead atoms. The second-order valence-electron chi connectivity index (χ2n) is 6.46. The number of carbonyl (C=O) groups excluding carboxylic acids is 1. The molecule has 2 aromatic heterocycles. The molecule has 0 aliphatic heterocycles. The van der Waals surface area contributed by atoms with Gasteiger partial charge in [-0.15, -0.1) is 11.3 Å². The van der Waals surface area contributed by atoms with E-state index in [2.05, 4.69) is 9.97 Å². The first-order valence-electron chi connectivity index (χ1n) is 9.17. The first kappa shape index (κ1) is 20.1. The van der Waals surface area contributed by atoms with E-state index in [1.54, 1.807) is 31.2 Å². The number of para-hydroxylation sites is 1. The van der Waals surface area contributed by atoms with Crippen molar-refractivity contribution in [3.05, 3.63) is 80.4 Å². The number of rotatable bonds is 6. The standard InChI is InChI=1S/C22H17ClN2O4S/c1-13-17-20(26)24-19(14-7-9-15(23)10-8-14)25-21(17)30-18(13)22(27)29-12-11-28-16-5-3-2-4-6-16/h2-10H,11-12H2,1H3,(H,24,25,26). The lowest BCUT2D eigenvalue weighted by Gasteiger charge is -2.06. The van der Waals surface area contributed by atoms with E-state index in [1.807, 2.05) is 30.3 Å². The van der Waals surface area contributed by atoms with Crippen molar-refractivity contribution in [2.75, 3.05) is 13.2 Å². The van der Waals surface area contributed by atoms with Gasteiger partial charge in [-0.25, -0.2) is 9.78 Å². The van der Waals surface area contributed by atoms with Crippen molar-refractivity contribution in [3.63, 3.8) is 0 Å². The van der Waals surface area contributed by atoms with E-state index < -0.39 is 5.97 Å². The SMILES string of the molecule is Cc1c(C(=O)OCCOc2ccccc2)sc2nc(-c3ccc(Cl)cc3)[nH]c(=O)c12. The third kappa shape index (κ3) is 4.22. The summed E-state index contributed by atoms with van der Waals surface area (Å²) >= 11 is 7.06. The maximum atomic E-state index is 12.6. The van der Waals surface area contributed by atoms with Crippen molar-refractivity contribution in [2.45, 2.75) is 6.92 Å². The fraction of sp³-hybridized carbons (Fsp3) is 0.136. The zero-order valence-electron chi connectivity index (χ0n) is 16.0. The summed E-state index contributed by atoms with van der Waals surface area (Å²) in [5, 5.41) is 0.987. The van der Waals surface area contributed by atoms with Gasteiger partial charge >= 0.3 is 5.97 Å². The molecule has 30 heavy (non-hydrogen) atoms. The zero-order valence-corrected chi connectivity index (χ0v) is 17.5. The molecule has 4 aromatic rings. The Hall–Kier alpha value is -3.16. The van der Waals surface area contributed by atoms with Gasteiger partial charge in [-0.2, -0.15) is 0 Å². The zero-order chi connectivity index (χ0) is 21.1. The number of fused-ring (bicyclic) bond motifs is 1. The Labute approximate surface area is 181 Å². The largest absolute Gasteiger partial charge is 0.490 e. The number of benzene rings is 2. The van der Waals surface area contributed by atoms with E-state index in [0.717, 1.165) is 16.9 Å². The molecule has 0 aliphatic rings. The average Bonchev–Trinajstić information content (AvgIpc) is 3.09. The van der Waals surface area contributed by atoms with Gasteiger partial charge < -0.3 is 14.5 Å². The van der Waals surface area contributed by atoms with Crippen LogP contribution >= 0.6 is 22.9 Å². The second kappa shape index (κ2) is 8.69. The fourth-order valence-corrected chi connectivity index (χ4v) is 4.16. The fourth-order valence-electron chi connectivity index (χ4n) is 2.96. The number of H-pyrrole nitrogens is 1. The topological polar surface area (TPSA) is 81.3 Å². The molecule has 0 spiro atoms. The Morgan fingerprint density at radius 2 is 1.83 bits per heavy atom. The number of hydrogen-bond donors (Lipinski definition) is 1. The maximum Gasteiger partial charge on any atom is 0.348 e. The van der Waals surface area contributed by atoms with Crippen LogP contribution in [-0.4, -0.2) is 29.2 Å². The van der Waals surface area contributed by atoms with E-state index in [0.29, 0.717) is 37.3 Å². The summed E-state index contributed by atoms with van der Waals surface area (Å²) < 4.78 is 10.8. The van der Waals surface area contributed by atoms with Crippen LogP contribution in [0.2, 0.25) is 5.02 Å². The number of thiophene rings is 1. The van der Waals surface area contributed by atoms with Gasteiger partial charge in [-0.3, -0.25) is 4.79 Å². The molecule has 152 valence electrons. The van der Waals surface area contributed by atoms with Crippen molar-refractivity contribution in [3.8, 4) is 17.1 Å². The van der Waals surface area contributed by atoms with E-state index in [4.69, 9.17) is 21.1 Å². The number of hydrogen-bond acceptors (Lipinski definition) is 6. The average molecular weight is 441 g/mol. The highest BCUT2D eigenvalue weighted by molar-refractivity contribution is 7.20. The molecule has 0 fully saturated rings. The molecule has 0 unspecified atom stereocenters. The minimum Gasteiger partial charge on any atom is -0.490 e. The quantitative estimate of drug-likeness (QED) is 0.342. The molecule has 0 saturated heterocycles. The first-order chi connectivity index (χ1) is 14.5. The predicted molar refractivity (Wildman–Crippen MR) is 118 cm³/mol. The number of nitrogens with one attached hydrogen (secondary N) is 1. The van der Waals surface area contributed by atoms with Gasteiger partial charge in [0.15, 0.2) is 0 Å². The Balaban J connectivity index is 1.52. The number of aryl methyl sites for hydroxylation is 1. The summed E-state index contributed by atoms with van der Waals surface area (Å²) in [4.78, 5) is 33.3. The Morgan fingerprint density at radius 3 is 2.57 bits per heavy atom. The molecule has 0 saturated carbocycles. The number of ether oxygens (including phenoxy) is 2. The maximum absolute atomic E-state index is 12.6. The van der Waals surface area contributed by atoms with Gasteiger partial charge in [0, 0.05) is 10.6 Å². The third-order valence-electron chi connectivity index (χ3n) is 4.43. The molecular formula is C22H17ClN2O4S. The van der Waals surface area contributed by atoms with Crippen molar-refractivity contribution in [1.29, 1.82) is 0 Å². The third-order valence-corrected chi connectivity index (χ3v) is 5.85. The number of aromatic amines is 1. The molecule has 8 heteroatoms. The Kier molecular flexibility index (Phi) is 5.83. The van der Waals surface area contributed by atoms with E-state index in [9.17, 15) is 9.59 Å². The first-order valence-corrected chi connectivity index (χ1v) is 10.4. The van der Waals surface area contributed by atoms with Crippen LogP contribution in [0.1, 0.15) is 15.2 Å².